The molecule has 5 nitrogen and oxygen atoms in total. The van der Waals surface area contributed by atoms with Crippen LogP contribution >= 0.6 is 0 Å². The molecule has 0 saturated heterocycles. The Kier molecular flexibility index (Phi) is 8.47. The van der Waals surface area contributed by atoms with Crippen LogP contribution in [0.2, 0.25) is 0 Å². The quantitative estimate of drug-likeness (QED) is 0.150. The predicted octanol–water partition coefficient (Wildman–Crippen LogP) is 6.81. The van der Waals surface area contributed by atoms with Crippen molar-refractivity contribution in [2.45, 2.75) is 32.2 Å². The number of nitrogens with zero attached hydrogens (tertiary/aromatic N) is 2. The fraction of sp³-hybridized carbons (Fsp3) is 0.212. The number of unbranched alkanes of at least 4 members (excludes halogenated alkanes) is 1. The summed E-state index contributed by atoms with van der Waals surface area (Å²) in [7, 11) is 0. The zero-order chi connectivity index (χ0) is 26.0. The molecule has 1 aromatic heterocycles. The number of carbonyl (C=O) groups is 1. The molecule has 0 radical (unpaired) electrons. The summed E-state index contributed by atoms with van der Waals surface area (Å²) < 4.78 is 8.35. The number of carbonyl (C=O) groups excluding carboxylic acids is 1. The molecule has 5 aromatic rings. The Bertz CT molecular complexity index is 1520. The monoisotopic (exact) mass is 503 g/mol. The van der Waals surface area contributed by atoms with Crippen molar-refractivity contribution >= 4 is 33.8 Å². The van der Waals surface area contributed by atoms with Gasteiger partial charge in [-0.2, -0.15) is 0 Å². The number of rotatable bonds is 12. The van der Waals surface area contributed by atoms with E-state index in [1.807, 2.05) is 48.5 Å². The van der Waals surface area contributed by atoms with Gasteiger partial charge in [-0.25, -0.2) is 4.98 Å². The highest BCUT2D eigenvalue weighted by atomic mass is 16.5. The number of nitrogens with one attached hydrogen (secondary N) is 1. The summed E-state index contributed by atoms with van der Waals surface area (Å²) in [5.74, 6) is 1.91. The van der Waals surface area contributed by atoms with E-state index in [2.05, 4.69) is 64.5 Å². The van der Waals surface area contributed by atoms with E-state index in [-0.39, 0.29) is 5.91 Å². The Labute approximate surface area is 223 Å². The molecule has 0 saturated carbocycles. The number of benzene rings is 4. The van der Waals surface area contributed by atoms with Gasteiger partial charge < -0.3 is 14.6 Å². The van der Waals surface area contributed by atoms with Crippen LogP contribution < -0.4 is 10.1 Å². The minimum atomic E-state index is -0.0752. The van der Waals surface area contributed by atoms with Gasteiger partial charge >= 0.3 is 0 Å². The first-order valence-corrected chi connectivity index (χ1v) is 13.3. The third kappa shape index (κ3) is 6.68. The van der Waals surface area contributed by atoms with Crippen LogP contribution in [0.3, 0.4) is 0 Å². The summed E-state index contributed by atoms with van der Waals surface area (Å²) in [5, 5.41) is 5.41. The van der Waals surface area contributed by atoms with E-state index in [1.165, 1.54) is 10.8 Å². The molecule has 5 rings (SSSR count). The summed E-state index contributed by atoms with van der Waals surface area (Å²) in [6.07, 6.45) is 7.03. The Morgan fingerprint density at radius 2 is 1.63 bits per heavy atom. The Hall–Kier alpha value is -4.38. The van der Waals surface area contributed by atoms with Crippen molar-refractivity contribution in [2.24, 2.45) is 0 Å². The van der Waals surface area contributed by atoms with E-state index in [1.54, 1.807) is 6.08 Å². The summed E-state index contributed by atoms with van der Waals surface area (Å²) in [4.78, 5) is 17.1. The van der Waals surface area contributed by atoms with Gasteiger partial charge in [0, 0.05) is 25.6 Å². The molecule has 1 heterocycles. The molecule has 1 N–H and O–H groups in total. The van der Waals surface area contributed by atoms with Crippen LogP contribution in [-0.4, -0.2) is 28.6 Å². The summed E-state index contributed by atoms with van der Waals surface area (Å²) >= 11 is 0. The van der Waals surface area contributed by atoms with Crippen molar-refractivity contribution in [1.29, 1.82) is 0 Å². The first kappa shape index (κ1) is 25.3. The second-order valence-electron chi connectivity index (χ2n) is 9.37. The average Bonchev–Trinajstić information content (AvgIpc) is 3.31. The molecule has 0 aliphatic rings. The van der Waals surface area contributed by atoms with Crippen molar-refractivity contribution < 1.29 is 9.53 Å². The summed E-state index contributed by atoms with van der Waals surface area (Å²) in [6.45, 7) is 2.19. The van der Waals surface area contributed by atoms with Gasteiger partial charge in [0.25, 0.3) is 0 Å². The predicted molar refractivity (Wildman–Crippen MR) is 155 cm³/mol. The molecule has 1 amide bonds. The molecule has 38 heavy (non-hydrogen) atoms. The molecule has 0 bridgehead atoms. The maximum absolute atomic E-state index is 12.2. The standard InChI is InChI=1S/C33H33N3O2/c37-33(21-18-26-11-2-1-3-12-26)34-22-10-17-32-35-30-15-6-7-16-31(30)36(32)23-8-9-24-38-29-20-19-27-13-4-5-14-28(27)25-29/h1-7,11-16,18-21,25H,8-10,17,22-24H2,(H,34,37)/b21-18+. The van der Waals surface area contributed by atoms with Crippen molar-refractivity contribution in [2.75, 3.05) is 13.2 Å². The SMILES string of the molecule is O=C(/C=C/c1ccccc1)NCCCc1nc2ccccc2n1CCCCOc1ccc2ccccc2c1. The van der Waals surface area contributed by atoms with Crippen LogP contribution in [0, 0.1) is 0 Å². The molecule has 0 atom stereocenters. The second-order valence-corrected chi connectivity index (χ2v) is 9.37. The van der Waals surface area contributed by atoms with Gasteiger partial charge in [0.2, 0.25) is 5.91 Å². The maximum Gasteiger partial charge on any atom is 0.243 e. The molecule has 0 unspecified atom stereocenters. The van der Waals surface area contributed by atoms with Crippen LogP contribution in [0.1, 0.15) is 30.7 Å². The van der Waals surface area contributed by atoms with Gasteiger partial charge in [-0.3, -0.25) is 4.79 Å². The lowest BCUT2D eigenvalue weighted by Gasteiger charge is -2.11. The van der Waals surface area contributed by atoms with E-state index < -0.39 is 0 Å². The van der Waals surface area contributed by atoms with Crippen molar-refractivity contribution in [3.63, 3.8) is 0 Å². The molecule has 5 heteroatoms. The molecular weight excluding hydrogens is 470 g/mol. The lowest BCUT2D eigenvalue weighted by molar-refractivity contribution is -0.116. The summed E-state index contributed by atoms with van der Waals surface area (Å²) in [6, 6.07) is 32.7. The first-order chi connectivity index (χ1) is 18.8. The number of amides is 1. The van der Waals surface area contributed by atoms with Crippen LogP contribution in [0.4, 0.5) is 0 Å². The number of aryl methyl sites for hydroxylation is 2. The van der Waals surface area contributed by atoms with Gasteiger partial charge in [0.15, 0.2) is 0 Å². The lowest BCUT2D eigenvalue weighted by Crippen LogP contribution is -2.22. The number of para-hydroxylation sites is 2. The van der Waals surface area contributed by atoms with Crippen molar-refractivity contribution in [1.82, 2.24) is 14.9 Å². The fourth-order valence-electron chi connectivity index (χ4n) is 4.64. The van der Waals surface area contributed by atoms with Crippen molar-refractivity contribution in [3.8, 4) is 5.75 Å². The fourth-order valence-corrected chi connectivity index (χ4v) is 4.64. The van der Waals surface area contributed by atoms with Crippen molar-refractivity contribution in [3.05, 3.63) is 115 Å². The van der Waals surface area contributed by atoms with E-state index in [4.69, 9.17) is 9.72 Å². The largest absolute Gasteiger partial charge is 0.494 e. The minimum absolute atomic E-state index is 0.0752. The van der Waals surface area contributed by atoms with Gasteiger partial charge in [0.1, 0.15) is 11.6 Å². The number of hydrogen-bond acceptors (Lipinski definition) is 3. The minimum Gasteiger partial charge on any atom is -0.494 e. The second kappa shape index (κ2) is 12.7. The normalized spacial score (nSPS) is 11.4. The molecule has 4 aromatic carbocycles. The third-order valence-electron chi connectivity index (χ3n) is 6.60. The molecular formula is C33H33N3O2. The Balaban J connectivity index is 1.10. The van der Waals surface area contributed by atoms with E-state index >= 15 is 0 Å². The first-order valence-electron chi connectivity index (χ1n) is 13.3. The van der Waals surface area contributed by atoms with Gasteiger partial charge in [0.05, 0.1) is 17.6 Å². The molecule has 0 spiro atoms. The number of fused-ring (bicyclic) bond motifs is 2. The molecule has 0 aliphatic carbocycles. The number of ether oxygens (including phenoxy) is 1. The van der Waals surface area contributed by atoms with E-state index in [0.717, 1.165) is 60.4 Å². The highest BCUT2D eigenvalue weighted by Crippen LogP contribution is 2.21. The van der Waals surface area contributed by atoms with Gasteiger partial charge in [-0.05, 0) is 65.9 Å². The van der Waals surface area contributed by atoms with E-state index in [9.17, 15) is 4.79 Å². The molecule has 0 fully saturated rings. The number of aromatic nitrogens is 2. The number of hydrogen-bond donors (Lipinski definition) is 1. The van der Waals surface area contributed by atoms with Gasteiger partial charge in [-0.1, -0.05) is 72.8 Å². The zero-order valence-electron chi connectivity index (χ0n) is 21.6. The van der Waals surface area contributed by atoms with Crippen LogP contribution in [0.5, 0.6) is 5.75 Å². The Morgan fingerprint density at radius 3 is 2.53 bits per heavy atom. The van der Waals surface area contributed by atoms with Gasteiger partial charge in [-0.15, -0.1) is 0 Å². The highest BCUT2D eigenvalue weighted by Gasteiger charge is 2.10. The third-order valence-corrected chi connectivity index (χ3v) is 6.60. The lowest BCUT2D eigenvalue weighted by atomic mass is 10.1. The highest BCUT2D eigenvalue weighted by molar-refractivity contribution is 5.91. The smallest absolute Gasteiger partial charge is 0.243 e. The molecule has 192 valence electrons. The number of imidazole rings is 1. The van der Waals surface area contributed by atoms with Crippen LogP contribution in [0.15, 0.2) is 103 Å². The van der Waals surface area contributed by atoms with Crippen LogP contribution in [-0.2, 0) is 17.8 Å². The average molecular weight is 504 g/mol. The zero-order valence-corrected chi connectivity index (χ0v) is 21.6. The summed E-state index contributed by atoms with van der Waals surface area (Å²) in [5.41, 5.74) is 3.19. The van der Waals surface area contributed by atoms with Crippen LogP contribution in [0.25, 0.3) is 27.9 Å². The maximum atomic E-state index is 12.2. The molecule has 0 aliphatic heterocycles. The Morgan fingerprint density at radius 1 is 0.842 bits per heavy atom. The van der Waals surface area contributed by atoms with E-state index in [0.29, 0.717) is 13.2 Å². The topological polar surface area (TPSA) is 56.2 Å².